The zero-order valence-electron chi connectivity index (χ0n) is 12.4. The summed E-state index contributed by atoms with van der Waals surface area (Å²) in [5.41, 5.74) is 5.09. The minimum absolute atomic E-state index is 0.0158. The Morgan fingerprint density at radius 3 is 2.55 bits per heavy atom. The van der Waals surface area contributed by atoms with Crippen molar-refractivity contribution in [1.29, 1.82) is 0 Å². The molecule has 2 fully saturated rings. The quantitative estimate of drug-likeness (QED) is 0.827. The molecule has 1 saturated heterocycles. The normalized spacial score (nSPS) is 25.4. The predicted octanol–water partition coefficient (Wildman–Crippen LogP) is 2.00. The molecular weight excluding hydrogens is 254 g/mol. The van der Waals surface area contributed by atoms with Gasteiger partial charge in [-0.2, -0.15) is 0 Å². The van der Waals surface area contributed by atoms with E-state index in [1.165, 1.54) is 32.1 Å². The summed E-state index contributed by atoms with van der Waals surface area (Å²) in [6, 6.07) is -0.781. The molecule has 2 atom stereocenters. The number of nitrogens with two attached hydrogens (primary N) is 1. The fraction of sp³-hybridized carbons (Fsp3) is 0.867. The predicted molar refractivity (Wildman–Crippen MR) is 78.1 cm³/mol. The molecule has 1 aliphatic heterocycles. The summed E-state index contributed by atoms with van der Waals surface area (Å²) in [4.78, 5) is 25.2. The van der Waals surface area contributed by atoms with Gasteiger partial charge in [-0.25, -0.2) is 4.79 Å². The van der Waals surface area contributed by atoms with Crippen molar-refractivity contribution in [3.8, 4) is 0 Å². The van der Waals surface area contributed by atoms with E-state index < -0.39 is 12.1 Å². The summed E-state index contributed by atoms with van der Waals surface area (Å²) in [5.74, 6) is 0.795. The van der Waals surface area contributed by atoms with Crippen molar-refractivity contribution in [2.24, 2.45) is 11.7 Å². The molecule has 1 heterocycles. The van der Waals surface area contributed by atoms with Crippen molar-refractivity contribution in [2.75, 3.05) is 6.54 Å². The molecule has 2 aliphatic rings. The van der Waals surface area contributed by atoms with Crippen LogP contribution in [0.1, 0.15) is 58.3 Å². The first-order chi connectivity index (χ1) is 9.58. The molecule has 0 aromatic rings. The van der Waals surface area contributed by atoms with Gasteiger partial charge in [0.25, 0.3) is 0 Å². The summed E-state index contributed by atoms with van der Waals surface area (Å²) in [6.45, 7) is 2.53. The SMILES string of the molecule is C[C@@H](NC(N)=O)C(=O)N1CCC[C@H]1CC1CCCCC1. The highest BCUT2D eigenvalue weighted by molar-refractivity contribution is 5.86. The molecule has 3 amide bonds. The van der Waals surface area contributed by atoms with Gasteiger partial charge in [-0.05, 0) is 32.1 Å². The van der Waals surface area contributed by atoms with Crippen molar-refractivity contribution in [3.63, 3.8) is 0 Å². The molecule has 2 rings (SSSR count). The van der Waals surface area contributed by atoms with E-state index in [1.54, 1.807) is 6.92 Å². The maximum Gasteiger partial charge on any atom is 0.312 e. The zero-order chi connectivity index (χ0) is 14.5. The lowest BCUT2D eigenvalue weighted by Crippen LogP contribution is -2.50. The Morgan fingerprint density at radius 2 is 1.90 bits per heavy atom. The fourth-order valence-corrected chi connectivity index (χ4v) is 3.70. The van der Waals surface area contributed by atoms with Crippen LogP contribution in [0.15, 0.2) is 0 Å². The number of rotatable bonds is 4. The lowest BCUT2D eigenvalue weighted by molar-refractivity contribution is -0.133. The molecule has 5 heteroatoms. The number of carbonyl (C=O) groups is 2. The summed E-state index contributed by atoms with van der Waals surface area (Å²) in [7, 11) is 0. The highest BCUT2D eigenvalue weighted by atomic mass is 16.2. The van der Waals surface area contributed by atoms with E-state index in [0.717, 1.165) is 31.7 Å². The van der Waals surface area contributed by atoms with Crippen molar-refractivity contribution in [2.45, 2.75) is 70.4 Å². The molecule has 5 nitrogen and oxygen atoms in total. The van der Waals surface area contributed by atoms with Crippen LogP contribution in [0.25, 0.3) is 0 Å². The first-order valence-electron chi connectivity index (χ1n) is 7.94. The van der Waals surface area contributed by atoms with E-state index in [2.05, 4.69) is 5.32 Å². The molecule has 0 aromatic carbocycles. The Hall–Kier alpha value is -1.26. The molecule has 0 bridgehead atoms. The molecule has 0 aromatic heterocycles. The van der Waals surface area contributed by atoms with E-state index in [0.29, 0.717) is 6.04 Å². The summed E-state index contributed by atoms with van der Waals surface area (Å²) in [5, 5.41) is 2.49. The average Bonchev–Trinajstić information content (AvgIpc) is 2.86. The van der Waals surface area contributed by atoms with E-state index >= 15 is 0 Å². The third-order valence-corrected chi connectivity index (χ3v) is 4.72. The first-order valence-corrected chi connectivity index (χ1v) is 7.94. The van der Waals surface area contributed by atoms with Gasteiger partial charge in [-0.3, -0.25) is 4.79 Å². The topological polar surface area (TPSA) is 75.4 Å². The molecule has 20 heavy (non-hydrogen) atoms. The number of nitrogens with one attached hydrogen (secondary N) is 1. The third kappa shape index (κ3) is 3.87. The molecule has 1 aliphatic carbocycles. The van der Waals surface area contributed by atoms with Crippen LogP contribution < -0.4 is 11.1 Å². The van der Waals surface area contributed by atoms with Gasteiger partial charge in [0.05, 0.1) is 0 Å². The first kappa shape index (κ1) is 15.1. The van der Waals surface area contributed by atoms with E-state index in [-0.39, 0.29) is 5.91 Å². The molecule has 0 unspecified atom stereocenters. The third-order valence-electron chi connectivity index (χ3n) is 4.72. The lowest BCUT2D eigenvalue weighted by Gasteiger charge is -2.31. The van der Waals surface area contributed by atoms with E-state index in [1.807, 2.05) is 4.90 Å². The minimum Gasteiger partial charge on any atom is -0.352 e. The smallest absolute Gasteiger partial charge is 0.312 e. The average molecular weight is 281 g/mol. The van der Waals surface area contributed by atoms with Gasteiger partial charge in [0, 0.05) is 12.6 Å². The Bertz CT molecular complexity index is 353. The van der Waals surface area contributed by atoms with Crippen molar-refractivity contribution < 1.29 is 9.59 Å². The van der Waals surface area contributed by atoms with E-state index in [9.17, 15) is 9.59 Å². The second-order valence-electron chi connectivity index (χ2n) is 6.30. The highest BCUT2D eigenvalue weighted by Crippen LogP contribution is 2.32. The Morgan fingerprint density at radius 1 is 1.20 bits per heavy atom. The van der Waals surface area contributed by atoms with Gasteiger partial charge in [0.2, 0.25) is 5.91 Å². The van der Waals surface area contributed by atoms with Crippen LogP contribution in [-0.4, -0.2) is 35.5 Å². The van der Waals surface area contributed by atoms with Crippen LogP contribution >= 0.6 is 0 Å². The molecule has 0 radical (unpaired) electrons. The number of nitrogens with zero attached hydrogens (tertiary/aromatic N) is 1. The second kappa shape index (κ2) is 6.95. The monoisotopic (exact) mass is 281 g/mol. The zero-order valence-corrected chi connectivity index (χ0v) is 12.4. The van der Waals surface area contributed by atoms with Gasteiger partial charge >= 0.3 is 6.03 Å². The van der Waals surface area contributed by atoms with Gasteiger partial charge in [-0.15, -0.1) is 0 Å². The van der Waals surface area contributed by atoms with Crippen LogP contribution in [0.2, 0.25) is 0 Å². The van der Waals surface area contributed by atoms with Gasteiger partial charge in [0.15, 0.2) is 0 Å². The summed E-state index contributed by atoms with van der Waals surface area (Å²) in [6.07, 6.45) is 9.98. The maximum atomic E-state index is 12.4. The number of carbonyl (C=O) groups excluding carboxylic acids is 2. The van der Waals surface area contributed by atoms with Crippen molar-refractivity contribution in [1.82, 2.24) is 10.2 Å². The molecular formula is C15H27N3O2. The van der Waals surface area contributed by atoms with Crippen molar-refractivity contribution >= 4 is 11.9 Å². The number of hydrogen-bond donors (Lipinski definition) is 2. The molecule has 1 saturated carbocycles. The summed E-state index contributed by atoms with van der Waals surface area (Å²) < 4.78 is 0. The van der Waals surface area contributed by atoms with Gasteiger partial charge in [0.1, 0.15) is 6.04 Å². The number of amides is 3. The molecule has 3 N–H and O–H groups in total. The van der Waals surface area contributed by atoms with Crippen molar-refractivity contribution in [3.05, 3.63) is 0 Å². The van der Waals surface area contributed by atoms with Crippen LogP contribution in [-0.2, 0) is 4.79 Å². The van der Waals surface area contributed by atoms with Crippen LogP contribution in [0.3, 0.4) is 0 Å². The number of likely N-dealkylation sites (tertiary alicyclic amines) is 1. The van der Waals surface area contributed by atoms with Gasteiger partial charge in [-0.1, -0.05) is 32.1 Å². The number of urea groups is 1. The number of primary amides is 1. The van der Waals surface area contributed by atoms with E-state index in [4.69, 9.17) is 5.73 Å². The minimum atomic E-state index is -0.631. The Balaban J connectivity index is 1.88. The second-order valence-corrected chi connectivity index (χ2v) is 6.30. The summed E-state index contributed by atoms with van der Waals surface area (Å²) >= 11 is 0. The molecule has 0 spiro atoms. The van der Waals surface area contributed by atoms with Crippen LogP contribution in [0, 0.1) is 5.92 Å². The standard InChI is InChI=1S/C15H27N3O2/c1-11(17-15(16)20)14(19)18-9-5-8-13(18)10-12-6-3-2-4-7-12/h11-13H,2-10H2,1H3,(H3,16,17,20)/t11-,13+/m1/s1. The maximum absolute atomic E-state index is 12.4. The Labute approximate surface area is 121 Å². The Kier molecular flexibility index (Phi) is 5.26. The number of hydrogen-bond acceptors (Lipinski definition) is 2. The van der Waals surface area contributed by atoms with Gasteiger partial charge < -0.3 is 16.0 Å². The lowest BCUT2D eigenvalue weighted by atomic mass is 9.84. The molecule has 114 valence electrons. The fourth-order valence-electron chi connectivity index (χ4n) is 3.70. The largest absolute Gasteiger partial charge is 0.352 e. The van der Waals surface area contributed by atoms with Crippen LogP contribution in [0.5, 0.6) is 0 Å². The van der Waals surface area contributed by atoms with Crippen LogP contribution in [0.4, 0.5) is 4.79 Å². The highest BCUT2D eigenvalue weighted by Gasteiger charge is 2.33.